The first kappa shape index (κ1) is 18.2. The zero-order valence-electron chi connectivity index (χ0n) is 14.6. The van der Waals surface area contributed by atoms with Gasteiger partial charge in [0.25, 0.3) is 11.5 Å². The standard InChI is InChI=1S/C16H16N4O4S2/c1-5-24-15(23)11-8(3)18-16(26-11)19-12(21)10-7(2)9-13(25-10)17-6-20(4)14(9)22/h6H,5H2,1-4H3,(H,18,19,21). The molecule has 1 amide bonds. The summed E-state index contributed by atoms with van der Waals surface area (Å²) in [4.78, 5) is 46.4. The Hall–Kier alpha value is -2.59. The van der Waals surface area contributed by atoms with Crippen molar-refractivity contribution in [1.29, 1.82) is 0 Å². The Labute approximate surface area is 156 Å². The number of fused-ring (bicyclic) bond motifs is 1. The number of aryl methyl sites for hydroxylation is 3. The Morgan fingerprint density at radius 1 is 1.27 bits per heavy atom. The molecule has 3 aromatic heterocycles. The molecule has 0 saturated carbocycles. The third kappa shape index (κ3) is 3.13. The molecule has 0 aliphatic rings. The largest absolute Gasteiger partial charge is 0.462 e. The summed E-state index contributed by atoms with van der Waals surface area (Å²) in [5.41, 5.74) is 0.875. The van der Waals surface area contributed by atoms with Gasteiger partial charge in [0.15, 0.2) is 5.13 Å². The van der Waals surface area contributed by atoms with Crippen LogP contribution in [0.4, 0.5) is 5.13 Å². The van der Waals surface area contributed by atoms with Crippen LogP contribution in [0.15, 0.2) is 11.1 Å². The van der Waals surface area contributed by atoms with Crippen molar-refractivity contribution < 1.29 is 14.3 Å². The molecule has 26 heavy (non-hydrogen) atoms. The summed E-state index contributed by atoms with van der Waals surface area (Å²) in [6, 6.07) is 0. The van der Waals surface area contributed by atoms with Crippen molar-refractivity contribution in [3.05, 3.63) is 37.7 Å². The number of thiophene rings is 1. The third-order valence-electron chi connectivity index (χ3n) is 3.69. The first-order valence-electron chi connectivity index (χ1n) is 7.74. The summed E-state index contributed by atoms with van der Waals surface area (Å²) >= 11 is 2.20. The molecule has 0 saturated heterocycles. The van der Waals surface area contributed by atoms with Crippen molar-refractivity contribution in [3.63, 3.8) is 0 Å². The summed E-state index contributed by atoms with van der Waals surface area (Å²) in [6.07, 6.45) is 1.43. The maximum atomic E-state index is 12.6. The van der Waals surface area contributed by atoms with Crippen LogP contribution in [-0.2, 0) is 11.8 Å². The van der Waals surface area contributed by atoms with Crippen LogP contribution in [0.2, 0.25) is 0 Å². The van der Waals surface area contributed by atoms with Crippen molar-refractivity contribution >= 4 is 49.9 Å². The highest BCUT2D eigenvalue weighted by molar-refractivity contribution is 7.21. The smallest absolute Gasteiger partial charge is 0.350 e. The highest BCUT2D eigenvalue weighted by atomic mass is 32.1. The Bertz CT molecular complexity index is 1080. The molecule has 0 bridgehead atoms. The second kappa shape index (κ2) is 6.96. The van der Waals surface area contributed by atoms with Crippen molar-refractivity contribution in [3.8, 4) is 0 Å². The van der Waals surface area contributed by atoms with E-state index < -0.39 is 11.9 Å². The third-order valence-corrected chi connectivity index (χ3v) is 5.95. The highest BCUT2D eigenvalue weighted by Crippen LogP contribution is 2.29. The van der Waals surface area contributed by atoms with E-state index >= 15 is 0 Å². The van der Waals surface area contributed by atoms with E-state index in [1.54, 1.807) is 27.8 Å². The number of nitrogens with zero attached hydrogens (tertiary/aromatic N) is 3. The molecule has 136 valence electrons. The van der Waals surface area contributed by atoms with E-state index in [4.69, 9.17) is 4.74 Å². The van der Waals surface area contributed by atoms with E-state index in [9.17, 15) is 14.4 Å². The summed E-state index contributed by atoms with van der Waals surface area (Å²) in [6.45, 7) is 5.38. The van der Waals surface area contributed by atoms with Crippen LogP contribution in [0.25, 0.3) is 10.2 Å². The SMILES string of the molecule is CCOC(=O)c1sc(NC(=O)c2sc3ncn(C)c(=O)c3c2C)nc1C. The zero-order valence-corrected chi connectivity index (χ0v) is 16.2. The second-order valence-corrected chi connectivity index (χ2v) is 7.50. The predicted octanol–water partition coefficient (Wildman–Crippen LogP) is 2.50. The summed E-state index contributed by atoms with van der Waals surface area (Å²) in [5, 5.41) is 3.42. The fraction of sp³-hybridized carbons (Fsp3) is 0.312. The molecule has 8 nitrogen and oxygen atoms in total. The lowest BCUT2D eigenvalue weighted by molar-refractivity contribution is 0.0531. The van der Waals surface area contributed by atoms with Gasteiger partial charge in [-0.3, -0.25) is 14.9 Å². The number of esters is 1. The molecule has 0 spiro atoms. The molecule has 0 aliphatic carbocycles. The molecule has 0 aromatic carbocycles. The molecular weight excluding hydrogens is 376 g/mol. The van der Waals surface area contributed by atoms with Crippen LogP contribution in [0, 0.1) is 13.8 Å². The Kier molecular flexibility index (Phi) is 4.88. The van der Waals surface area contributed by atoms with E-state index in [1.165, 1.54) is 10.9 Å². The monoisotopic (exact) mass is 392 g/mol. The summed E-state index contributed by atoms with van der Waals surface area (Å²) < 4.78 is 6.35. The predicted molar refractivity (Wildman–Crippen MR) is 100 cm³/mol. The lowest BCUT2D eigenvalue weighted by Gasteiger charge is -2.00. The minimum absolute atomic E-state index is 0.197. The molecule has 0 atom stereocenters. The van der Waals surface area contributed by atoms with Gasteiger partial charge < -0.3 is 9.30 Å². The van der Waals surface area contributed by atoms with Crippen molar-refractivity contribution in [2.24, 2.45) is 7.05 Å². The molecule has 3 rings (SSSR count). The molecule has 0 aliphatic heterocycles. The van der Waals surface area contributed by atoms with Gasteiger partial charge in [0.1, 0.15) is 9.71 Å². The minimum atomic E-state index is -0.464. The van der Waals surface area contributed by atoms with Crippen LogP contribution < -0.4 is 10.9 Å². The number of aromatic nitrogens is 3. The van der Waals surface area contributed by atoms with E-state index in [2.05, 4.69) is 15.3 Å². The molecular formula is C16H16N4O4S2. The topological polar surface area (TPSA) is 103 Å². The highest BCUT2D eigenvalue weighted by Gasteiger charge is 2.22. The maximum absolute atomic E-state index is 12.6. The number of amides is 1. The number of hydrogen-bond acceptors (Lipinski definition) is 8. The van der Waals surface area contributed by atoms with Crippen molar-refractivity contribution in [2.75, 3.05) is 11.9 Å². The van der Waals surface area contributed by atoms with E-state index in [1.807, 2.05) is 0 Å². The number of thiazole rings is 1. The normalized spacial score (nSPS) is 10.9. The second-order valence-electron chi connectivity index (χ2n) is 5.51. The van der Waals surface area contributed by atoms with Gasteiger partial charge in [-0.1, -0.05) is 11.3 Å². The van der Waals surface area contributed by atoms with Gasteiger partial charge in [-0.05, 0) is 26.3 Å². The van der Waals surface area contributed by atoms with Gasteiger partial charge in [-0.2, -0.15) is 0 Å². The average Bonchev–Trinajstić information content (AvgIpc) is 3.12. The molecule has 1 N–H and O–H groups in total. The lowest BCUT2D eigenvalue weighted by atomic mass is 10.2. The van der Waals surface area contributed by atoms with Gasteiger partial charge in [0.05, 0.1) is 28.9 Å². The number of carbonyl (C=O) groups excluding carboxylic acids is 2. The summed E-state index contributed by atoms with van der Waals surface area (Å²) in [5.74, 6) is -0.856. The van der Waals surface area contributed by atoms with Crippen LogP contribution in [-0.4, -0.2) is 33.0 Å². The average molecular weight is 392 g/mol. The van der Waals surface area contributed by atoms with Crippen LogP contribution in [0.3, 0.4) is 0 Å². The molecule has 10 heteroatoms. The minimum Gasteiger partial charge on any atom is -0.462 e. The Morgan fingerprint density at radius 2 is 2.00 bits per heavy atom. The number of anilines is 1. The van der Waals surface area contributed by atoms with Gasteiger partial charge in [-0.15, -0.1) is 11.3 Å². The molecule has 3 heterocycles. The van der Waals surface area contributed by atoms with E-state index in [-0.39, 0.29) is 12.2 Å². The molecule has 0 fully saturated rings. The van der Waals surface area contributed by atoms with Gasteiger partial charge in [-0.25, -0.2) is 14.8 Å². The number of nitrogens with one attached hydrogen (secondary N) is 1. The number of hydrogen-bond donors (Lipinski definition) is 1. The molecule has 3 aromatic rings. The van der Waals surface area contributed by atoms with E-state index in [0.29, 0.717) is 36.4 Å². The molecule has 0 radical (unpaired) electrons. The van der Waals surface area contributed by atoms with Crippen LogP contribution >= 0.6 is 22.7 Å². The Balaban J connectivity index is 1.92. The quantitative estimate of drug-likeness (QED) is 0.684. The van der Waals surface area contributed by atoms with Gasteiger partial charge in [0, 0.05) is 7.05 Å². The van der Waals surface area contributed by atoms with Gasteiger partial charge >= 0.3 is 5.97 Å². The maximum Gasteiger partial charge on any atom is 0.350 e. The fourth-order valence-corrected chi connectivity index (χ4v) is 4.31. The van der Waals surface area contributed by atoms with Crippen molar-refractivity contribution in [1.82, 2.24) is 14.5 Å². The van der Waals surface area contributed by atoms with Gasteiger partial charge in [0.2, 0.25) is 0 Å². The summed E-state index contributed by atoms with van der Waals surface area (Å²) in [7, 11) is 1.61. The number of rotatable bonds is 4. The first-order chi connectivity index (χ1) is 12.3. The first-order valence-corrected chi connectivity index (χ1v) is 9.37. The number of ether oxygens (including phenoxy) is 1. The van der Waals surface area contributed by atoms with Crippen LogP contribution in [0.1, 0.15) is 37.5 Å². The van der Waals surface area contributed by atoms with E-state index in [0.717, 1.165) is 22.7 Å². The number of carbonyl (C=O) groups is 2. The lowest BCUT2D eigenvalue weighted by Crippen LogP contribution is -2.17. The van der Waals surface area contributed by atoms with Crippen molar-refractivity contribution in [2.45, 2.75) is 20.8 Å². The Morgan fingerprint density at radius 3 is 2.69 bits per heavy atom. The fourth-order valence-electron chi connectivity index (χ4n) is 2.42. The zero-order chi connectivity index (χ0) is 19.0. The molecule has 0 unspecified atom stereocenters. The van der Waals surface area contributed by atoms with Crippen LogP contribution in [0.5, 0.6) is 0 Å².